The topological polar surface area (TPSA) is 35.2 Å². The summed E-state index contributed by atoms with van der Waals surface area (Å²) in [6.45, 7) is 7.12. The molecule has 0 heterocycles. The van der Waals surface area contributed by atoms with Crippen molar-refractivity contribution in [1.82, 2.24) is 0 Å². The molecule has 1 unspecified atom stereocenters. The van der Waals surface area contributed by atoms with Gasteiger partial charge < -0.3 is 10.5 Å². The van der Waals surface area contributed by atoms with Gasteiger partial charge in [-0.2, -0.15) is 0 Å². The molecular weight excluding hydrogens is 186 g/mol. The van der Waals surface area contributed by atoms with Crippen LogP contribution < -0.4 is 10.5 Å². The lowest BCUT2D eigenvalue weighted by atomic mass is 9.95. The number of benzene rings is 1. The van der Waals surface area contributed by atoms with E-state index in [0.717, 1.165) is 18.7 Å². The number of nitrogens with two attached hydrogens (primary N) is 1. The van der Waals surface area contributed by atoms with Crippen LogP contribution in [-0.2, 0) is 6.42 Å². The minimum absolute atomic E-state index is 0.538. The van der Waals surface area contributed by atoms with Crippen molar-refractivity contribution in [2.24, 2.45) is 11.7 Å². The molecule has 2 heteroatoms. The van der Waals surface area contributed by atoms with E-state index in [4.69, 9.17) is 10.5 Å². The maximum atomic E-state index is 5.64. The molecule has 0 aliphatic rings. The van der Waals surface area contributed by atoms with Gasteiger partial charge in [0.25, 0.3) is 0 Å². The Balaban J connectivity index is 2.95. The normalized spacial score (nSPS) is 12.6. The molecule has 2 N–H and O–H groups in total. The van der Waals surface area contributed by atoms with Crippen molar-refractivity contribution in [2.45, 2.75) is 27.2 Å². The van der Waals surface area contributed by atoms with Gasteiger partial charge in [0.05, 0.1) is 7.11 Å². The minimum atomic E-state index is 0.538. The molecule has 0 amide bonds. The number of hydrogen-bond acceptors (Lipinski definition) is 2. The minimum Gasteiger partial charge on any atom is -0.496 e. The molecule has 15 heavy (non-hydrogen) atoms. The Morgan fingerprint density at radius 1 is 1.27 bits per heavy atom. The lowest BCUT2D eigenvalue weighted by Gasteiger charge is -2.14. The van der Waals surface area contributed by atoms with Crippen LogP contribution in [0.2, 0.25) is 0 Å². The fourth-order valence-corrected chi connectivity index (χ4v) is 1.75. The molecule has 2 nitrogen and oxygen atoms in total. The van der Waals surface area contributed by atoms with Crippen molar-refractivity contribution >= 4 is 0 Å². The highest BCUT2D eigenvalue weighted by molar-refractivity contribution is 5.41. The molecule has 0 fully saturated rings. The summed E-state index contributed by atoms with van der Waals surface area (Å²) in [6.07, 6.45) is 1.05. The third-order valence-electron chi connectivity index (χ3n) is 2.82. The summed E-state index contributed by atoms with van der Waals surface area (Å²) in [7, 11) is 1.71. The fourth-order valence-electron chi connectivity index (χ4n) is 1.75. The van der Waals surface area contributed by atoms with Gasteiger partial charge >= 0.3 is 0 Å². The van der Waals surface area contributed by atoms with Gasteiger partial charge in [-0.05, 0) is 55.5 Å². The van der Waals surface area contributed by atoms with Gasteiger partial charge in [-0.3, -0.25) is 0 Å². The second-order valence-corrected chi connectivity index (χ2v) is 4.29. The van der Waals surface area contributed by atoms with Gasteiger partial charge in [0.1, 0.15) is 5.75 Å². The van der Waals surface area contributed by atoms with E-state index in [1.165, 1.54) is 16.7 Å². The third-order valence-corrected chi connectivity index (χ3v) is 2.82. The highest BCUT2D eigenvalue weighted by atomic mass is 16.5. The van der Waals surface area contributed by atoms with E-state index < -0.39 is 0 Å². The van der Waals surface area contributed by atoms with E-state index in [1.807, 2.05) is 0 Å². The third kappa shape index (κ3) is 2.96. The molecule has 0 aromatic heterocycles. The first-order valence-electron chi connectivity index (χ1n) is 5.42. The maximum absolute atomic E-state index is 5.64. The lowest BCUT2D eigenvalue weighted by Crippen LogP contribution is -2.13. The Bertz CT molecular complexity index is 334. The van der Waals surface area contributed by atoms with E-state index in [-0.39, 0.29) is 0 Å². The van der Waals surface area contributed by atoms with Crippen molar-refractivity contribution in [3.05, 3.63) is 28.8 Å². The molecule has 0 aliphatic carbocycles. The first-order valence-corrected chi connectivity index (χ1v) is 5.42. The van der Waals surface area contributed by atoms with Crippen LogP contribution in [0.15, 0.2) is 12.1 Å². The number of ether oxygens (including phenoxy) is 1. The quantitative estimate of drug-likeness (QED) is 0.823. The Labute approximate surface area is 92.4 Å². The number of hydrogen-bond donors (Lipinski definition) is 1. The van der Waals surface area contributed by atoms with Gasteiger partial charge in [-0.25, -0.2) is 0 Å². The van der Waals surface area contributed by atoms with Gasteiger partial charge in [0.15, 0.2) is 0 Å². The molecule has 1 rings (SSSR count). The zero-order chi connectivity index (χ0) is 11.4. The molecule has 1 aromatic rings. The largest absolute Gasteiger partial charge is 0.496 e. The van der Waals surface area contributed by atoms with Crippen LogP contribution in [0.3, 0.4) is 0 Å². The zero-order valence-corrected chi connectivity index (χ0v) is 10.1. The van der Waals surface area contributed by atoms with Crippen molar-refractivity contribution in [1.29, 1.82) is 0 Å². The molecular formula is C13H21NO. The predicted molar refractivity (Wildman–Crippen MR) is 64.4 cm³/mol. The second kappa shape index (κ2) is 5.17. The van der Waals surface area contributed by atoms with Crippen LogP contribution in [-0.4, -0.2) is 13.7 Å². The molecule has 0 bridgehead atoms. The lowest BCUT2D eigenvalue weighted by molar-refractivity contribution is 0.411. The van der Waals surface area contributed by atoms with Crippen LogP contribution in [0.5, 0.6) is 5.75 Å². The summed E-state index contributed by atoms with van der Waals surface area (Å²) in [6, 6.07) is 4.31. The first-order chi connectivity index (χ1) is 7.08. The highest BCUT2D eigenvalue weighted by Crippen LogP contribution is 2.24. The van der Waals surface area contributed by atoms with E-state index >= 15 is 0 Å². The SMILES string of the molecule is COc1cc(C)c(CC(C)CN)cc1C. The smallest absolute Gasteiger partial charge is 0.122 e. The van der Waals surface area contributed by atoms with Crippen molar-refractivity contribution < 1.29 is 4.74 Å². The average molecular weight is 207 g/mol. The Hall–Kier alpha value is -1.02. The van der Waals surface area contributed by atoms with E-state index in [9.17, 15) is 0 Å². The van der Waals surface area contributed by atoms with Gasteiger partial charge in [-0.15, -0.1) is 0 Å². The summed E-state index contributed by atoms with van der Waals surface area (Å²) >= 11 is 0. The van der Waals surface area contributed by atoms with E-state index in [2.05, 4.69) is 32.9 Å². The standard InChI is InChI=1S/C13H21NO/c1-9(8-14)5-12-6-11(3)13(15-4)7-10(12)2/h6-7,9H,5,8,14H2,1-4H3. The van der Waals surface area contributed by atoms with Crippen molar-refractivity contribution in [2.75, 3.05) is 13.7 Å². The Morgan fingerprint density at radius 2 is 1.93 bits per heavy atom. The molecule has 1 atom stereocenters. The maximum Gasteiger partial charge on any atom is 0.122 e. The summed E-state index contributed by atoms with van der Waals surface area (Å²) in [5.41, 5.74) is 9.51. The highest BCUT2D eigenvalue weighted by Gasteiger charge is 2.07. The molecule has 0 saturated carbocycles. The summed E-state index contributed by atoms with van der Waals surface area (Å²) in [4.78, 5) is 0. The Kier molecular flexibility index (Phi) is 4.15. The van der Waals surface area contributed by atoms with Crippen molar-refractivity contribution in [3.8, 4) is 5.75 Å². The summed E-state index contributed by atoms with van der Waals surface area (Å²) in [5, 5.41) is 0. The van der Waals surface area contributed by atoms with E-state index in [1.54, 1.807) is 7.11 Å². The predicted octanol–water partition coefficient (Wildman–Crippen LogP) is 2.45. The summed E-state index contributed by atoms with van der Waals surface area (Å²) < 4.78 is 5.29. The molecule has 1 aromatic carbocycles. The molecule has 0 spiro atoms. The van der Waals surface area contributed by atoms with Crippen LogP contribution in [0, 0.1) is 19.8 Å². The van der Waals surface area contributed by atoms with E-state index in [0.29, 0.717) is 5.92 Å². The van der Waals surface area contributed by atoms with Crippen LogP contribution >= 0.6 is 0 Å². The molecule has 0 saturated heterocycles. The van der Waals surface area contributed by atoms with Crippen LogP contribution in [0.1, 0.15) is 23.6 Å². The fraction of sp³-hybridized carbons (Fsp3) is 0.538. The number of rotatable bonds is 4. The molecule has 0 aliphatic heterocycles. The Morgan fingerprint density at radius 3 is 2.47 bits per heavy atom. The molecule has 0 radical (unpaired) electrons. The van der Waals surface area contributed by atoms with Gasteiger partial charge in [0.2, 0.25) is 0 Å². The van der Waals surface area contributed by atoms with Crippen molar-refractivity contribution in [3.63, 3.8) is 0 Å². The second-order valence-electron chi connectivity index (χ2n) is 4.29. The van der Waals surface area contributed by atoms with Gasteiger partial charge in [-0.1, -0.05) is 13.0 Å². The number of aryl methyl sites for hydroxylation is 2. The van der Waals surface area contributed by atoms with Gasteiger partial charge in [0, 0.05) is 0 Å². The van der Waals surface area contributed by atoms with Crippen LogP contribution in [0.4, 0.5) is 0 Å². The number of methoxy groups -OCH3 is 1. The summed E-state index contributed by atoms with van der Waals surface area (Å²) in [5.74, 6) is 1.51. The van der Waals surface area contributed by atoms with Crippen LogP contribution in [0.25, 0.3) is 0 Å². The first kappa shape index (κ1) is 12.1. The monoisotopic (exact) mass is 207 g/mol. The molecule has 84 valence electrons. The zero-order valence-electron chi connectivity index (χ0n) is 10.1. The average Bonchev–Trinajstić information content (AvgIpc) is 2.22.